The molecule has 23 heavy (non-hydrogen) atoms. The second kappa shape index (κ2) is 8.11. The lowest BCUT2D eigenvalue weighted by molar-refractivity contribution is -0.145. The quantitative estimate of drug-likeness (QED) is 0.847. The molecule has 2 atom stereocenters. The Morgan fingerprint density at radius 2 is 1.78 bits per heavy atom. The summed E-state index contributed by atoms with van der Waals surface area (Å²) in [6.45, 7) is 1.65. The molecule has 1 aliphatic rings. The van der Waals surface area contributed by atoms with Crippen molar-refractivity contribution in [3.63, 3.8) is 0 Å². The molecule has 0 spiro atoms. The van der Waals surface area contributed by atoms with Gasteiger partial charge in [0.05, 0.1) is 13.2 Å². The number of para-hydroxylation sites is 1. The number of ether oxygens (including phenoxy) is 1. The fraction of sp³-hybridized carbons (Fsp3) is 0.556. The lowest BCUT2D eigenvalue weighted by Gasteiger charge is -2.37. The molecule has 0 aliphatic heterocycles. The van der Waals surface area contributed by atoms with Crippen LogP contribution in [0.25, 0.3) is 0 Å². The molecule has 126 valence electrons. The molecule has 1 aromatic carbocycles. The van der Waals surface area contributed by atoms with E-state index in [9.17, 15) is 9.59 Å². The maximum atomic E-state index is 12.7. The number of nitrogens with two attached hydrogens (primary N) is 1. The van der Waals surface area contributed by atoms with Gasteiger partial charge in [-0.25, -0.2) is 4.79 Å². The molecule has 1 saturated carbocycles. The van der Waals surface area contributed by atoms with Gasteiger partial charge in [-0.1, -0.05) is 37.5 Å². The van der Waals surface area contributed by atoms with E-state index in [1.807, 2.05) is 30.3 Å². The number of hydrogen-bond donors (Lipinski definition) is 1. The van der Waals surface area contributed by atoms with Gasteiger partial charge in [-0.3, -0.25) is 9.69 Å². The third-order valence-corrected chi connectivity index (χ3v) is 4.48. The van der Waals surface area contributed by atoms with Crippen LogP contribution in [0.15, 0.2) is 30.3 Å². The summed E-state index contributed by atoms with van der Waals surface area (Å²) in [7, 11) is 1.37. The zero-order valence-corrected chi connectivity index (χ0v) is 13.9. The average molecular weight is 318 g/mol. The highest BCUT2D eigenvalue weighted by atomic mass is 16.5. The summed E-state index contributed by atoms with van der Waals surface area (Å²) in [5, 5.41) is 0. The predicted molar refractivity (Wildman–Crippen MR) is 90.0 cm³/mol. The largest absolute Gasteiger partial charge is 0.467 e. The second-order valence-electron chi connectivity index (χ2n) is 6.20. The normalized spacial score (nSPS) is 18.0. The molecular weight excluding hydrogens is 292 g/mol. The van der Waals surface area contributed by atoms with Gasteiger partial charge in [0.15, 0.2) is 0 Å². The van der Waals surface area contributed by atoms with Crippen LogP contribution < -0.4 is 10.6 Å². The molecule has 0 aromatic heterocycles. The highest BCUT2D eigenvalue weighted by Crippen LogP contribution is 2.32. The minimum absolute atomic E-state index is 0.110. The van der Waals surface area contributed by atoms with E-state index in [0.717, 1.165) is 25.7 Å². The minimum Gasteiger partial charge on any atom is -0.467 e. The molecule has 1 aliphatic carbocycles. The van der Waals surface area contributed by atoms with Crippen molar-refractivity contribution >= 4 is 17.6 Å². The van der Waals surface area contributed by atoms with E-state index in [4.69, 9.17) is 10.5 Å². The Balaban J connectivity index is 2.42. The number of nitrogens with zero attached hydrogens (tertiary/aromatic N) is 1. The third kappa shape index (κ3) is 4.10. The van der Waals surface area contributed by atoms with Crippen molar-refractivity contribution in [2.75, 3.05) is 12.0 Å². The Morgan fingerprint density at radius 3 is 2.30 bits per heavy atom. The van der Waals surface area contributed by atoms with Crippen LogP contribution in [0.5, 0.6) is 0 Å². The molecule has 5 heteroatoms. The van der Waals surface area contributed by atoms with Crippen molar-refractivity contribution < 1.29 is 14.3 Å². The summed E-state index contributed by atoms with van der Waals surface area (Å²) >= 11 is 0. The first-order valence-corrected chi connectivity index (χ1v) is 8.27. The lowest BCUT2D eigenvalue weighted by Crippen LogP contribution is -2.54. The van der Waals surface area contributed by atoms with Crippen molar-refractivity contribution in [1.82, 2.24) is 0 Å². The van der Waals surface area contributed by atoms with Gasteiger partial charge in [-0.2, -0.15) is 0 Å². The number of carbonyl (C=O) groups excluding carboxylic acids is 2. The van der Waals surface area contributed by atoms with Crippen LogP contribution in [-0.4, -0.2) is 31.1 Å². The van der Waals surface area contributed by atoms with Crippen molar-refractivity contribution in [3.8, 4) is 0 Å². The topological polar surface area (TPSA) is 72.6 Å². The minimum atomic E-state index is -0.675. The molecule has 0 unspecified atom stereocenters. The highest BCUT2D eigenvalue weighted by Gasteiger charge is 2.39. The summed E-state index contributed by atoms with van der Waals surface area (Å²) < 4.78 is 5.02. The fourth-order valence-electron chi connectivity index (χ4n) is 3.31. The summed E-state index contributed by atoms with van der Waals surface area (Å²) in [6, 6.07) is 7.97. The number of esters is 1. The van der Waals surface area contributed by atoms with Crippen LogP contribution in [0.3, 0.4) is 0 Å². The molecule has 0 radical (unpaired) electrons. The zero-order chi connectivity index (χ0) is 16.8. The summed E-state index contributed by atoms with van der Waals surface area (Å²) in [4.78, 5) is 26.8. The van der Waals surface area contributed by atoms with Gasteiger partial charge >= 0.3 is 5.97 Å². The SMILES string of the molecule is COC(=O)[C@H](C1CCCCC1)N(C(=O)[C@H](C)N)c1ccccc1. The molecule has 1 aromatic rings. The smallest absolute Gasteiger partial charge is 0.329 e. The Labute approximate surface area is 137 Å². The summed E-state index contributed by atoms with van der Waals surface area (Å²) in [6.07, 6.45) is 5.18. The number of methoxy groups -OCH3 is 1. The summed E-state index contributed by atoms with van der Waals surface area (Å²) in [5.41, 5.74) is 6.53. The van der Waals surface area contributed by atoms with Crippen LogP contribution in [0.2, 0.25) is 0 Å². The van der Waals surface area contributed by atoms with Gasteiger partial charge in [-0.15, -0.1) is 0 Å². The number of benzene rings is 1. The first kappa shape index (κ1) is 17.5. The molecule has 5 nitrogen and oxygen atoms in total. The lowest BCUT2D eigenvalue weighted by atomic mass is 9.82. The Morgan fingerprint density at radius 1 is 1.17 bits per heavy atom. The van der Waals surface area contributed by atoms with E-state index in [1.54, 1.807) is 11.8 Å². The van der Waals surface area contributed by atoms with Gasteiger partial charge in [0.2, 0.25) is 5.91 Å². The summed E-state index contributed by atoms with van der Waals surface area (Å²) in [5.74, 6) is -0.508. The molecule has 0 heterocycles. The molecule has 0 bridgehead atoms. The van der Waals surface area contributed by atoms with Gasteiger partial charge in [0.25, 0.3) is 0 Å². The first-order valence-electron chi connectivity index (χ1n) is 8.27. The van der Waals surface area contributed by atoms with Gasteiger partial charge in [-0.05, 0) is 37.8 Å². The Kier molecular flexibility index (Phi) is 6.16. The molecule has 0 saturated heterocycles. The van der Waals surface area contributed by atoms with E-state index >= 15 is 0 Å². The maximum absolute atomic E-state index is 12.7. The number of rotatable bonds is 5. The number of amides is 1. The predicted octanol–water partition coefficient (Wildman–Crippen LogP) is 2.49. The van der Waals surface area contributed by atoms with Crippen LogP contribution in [0.4, 0.5) is 5.69 Å². The highest BCUT2D eigenvalue weighted by molar-refractivity contribution is 6.02. The van der Waals surface area contributed by atoms with E-state index in [1.165, 1.54) is 13.5 Å². The van der Waals surface area contributed by atoms with Crippen LogP contribution in [-0.2, 0) is 14.3 Å². The van der Waals surface area contributed by atoms with Crippen LogP contribution in [0, 0.1) is 5.92 Å². The van der Waals surface area contributed by atoms with Crippen molar-refractivity contribution in [2.45, 2.75) is 51.1 Å². The fourth-order valence-corrected chi connectivity index (χ4v) is 3.31. The van der Waals surface area contributed by atoms with E-state index < -0.39 is 12.1 Å². The second-order valence-corrected chi connectivity index (χ2v) is 6.20. The van der Waals surface area contributed by atoms with E-state index in [-0.39, 0.29) is 17.8 Å². The molecule has 1 fully saturated rings. The maximum Gasteiger partial charge on any atom is 0.329 e. The zero-order valence-electron chi connectivity index (χ0n) is 13.9. The monoisotopic (exact) mass is 318 g/mol. The van der Waals surface area contributed by atoms with Crippen molar-refractivity contribution in [1.29, 1.82) is 0 Å². The average Bonchev–Trinajstić information content (AvgIpc) is 2.59. The molecular formula is C18H26N2O3. The van der Waals surface area contributed by atoms with Gasteiger partial charge in [0, 0.05) is 5.69 Å². The van der Waals surface area contributed by atoms with Gasteiger partial charge in [0.1, 0.15) is 6.04 Å². The number of carbonyl (C=O) groups is 2. The third-order valence-electron chi connectivity index (χ3n) is 4.48. The Hall–Kier alpha value is -1.88. The number of anilines is 1. The van der Waals surface area contributed by atoms with Crippen LogP contribution >= 0.6 is 0 Å². The molecule has 2 N–H and O–H groups in total. The van der Waals surface area contributed by atoms with Crippen molar-refractivity contribution in [3.05, 3.63) is 30.3 Å². The first-order chi connectivity index (χ1) is 11.1. The van der Waals surface area contributed by atoms with E-state index in [2.05, 4.69) is 0 Å². The van der Waals surface area contributed by atoms with E-state index in [0.29, 0.717) is 5.69 Å². The Bertz CT molecular complexity index is 524. The molecule has 2 rings (SSSR count). The van der Waals surface area contributed by atoms with Gasteiger partial charge < -0.3 is 10.5 Å². The van der Waals surface area contributed by atoms with Crippen LogP contribution in [0.1, 0.15) is 39.0 Å². The standard InChI is InChI=1S/C18H26N2O3/c1-13(19)17(21)20(15-11-7-4-8-12-15)16(18(22)23-2)14-9-5-3-6-10-14/h4,7-8,11-14,16H,3,5-6,9-10,19H2,1-2H3/t13-,16-/m0/s1. The molecule has 1 amide bonds. The van der Waals surface area contributed by atoms with Crippen molar-refractivity contribution in [2.24, 2.45) is 11.7 Å². The number of hydrogen-bond acceptors (Lipinski definition) is 4.